The standard InChI is InChI=1S/C12H19N3O/c1-10(16)15-6-3-4-11(9-15)8-12-13-5-7-14(12)2/h5,7,11H,3-4,6,8-9H2,1-2H3/t11-/m0/s1. The van der Waals surface area contributed by atoms with E-state index in [-0.39, 0.29) is 5.91 Å². The minimum atomic E-state index is 0.199. The Kier molecular flexibility index (Phi) is 3.27. The molecule has 1 atom stereocenters. The molecule has 2 heterocycles. The number of aromatic nitrogens is 2. The number of imidazole rings is 1. The molecular formula is C12H19N3O. The number of carbonyl (C=O) groups excluding carboxylic acids is 1. The molecule has 4 nitrogen and oxygen atoms in total. The maximum Gasteiger partial charge on any atom is 0.219 e. The first kappa shape index (κ1) is 11.2. The Labute approximate surface area is 96.3 Å². The molecule has 1 aliphatic heterocycles. The van der Waals surface area contributed by atoms with Crippen LogP contribution in [0.4, 0.5) is 0 Å². The van der Waals surface area contributed by atoms with Crippen molar-refractivity contribution in [1.82, 2.24) is 14.5 Å². The fourth-order valence-corrected chi connectivity index (χ4v) is 2.37. The van der Waals surface area contributed by atoms with Gasteiger partial charge in [0.15, 0.2) is 0 Å². The highest BCUT2D eigenvalue weighted by molar-refractivity contribution is 5.73. The molecule has 4 heteroatoms. The van der Waals surface area contributed by atoms with E-state index in [0.29, 0.717) is 5.92 Å². The Morgan fingerprint density at radius 3 is 3.06 bits per heavy atom. The van der Waals surface area contributed by atoms with Gasteiger partial charge in [0.2, 0.25) is 5.91 Å². The van der Waals surface area contributed by atoms with Gasteiger partial charge in [0, 0.05) is 45.9 Å². The smallest absolute Gasteiger partial charge is 0.219 e. The van der Waals surface area contributed by atoms with E-state index >= 15 is 0 Å². The molecule has 0 saturated carbocycles. The summed E-state index contributed by atoms with van der Waals surface area (Å²) in [6, 6.07) is 0. The molecule has 2 rings (SSSR count). The zero-order chi connectivity index (χ0) is 11.5. The number of likely N-dealkylation sites (tertiary alicyclic amines) is 1. The number of amides is 1. The Hall–Kier alpha value is -1.32. The molecule has 0 N–H and O–H groups in total. The molecule has 1 amide bonds. The average Bonchev–Trinajstić information content (AvgIpc) is 2.65. The van der Waals surface area contributed by atoms with Crippen LogP contribution < -0.4 is 0 Å². The number of nitrogens with zero attached hydrogens (tertiary/aromatic N) is 3. The minimum Gasteiger partial charge on any atom is -0.343 e. The fourth-order valence-electron chi connectivity index (χ4n) is 2.37. The van der Waals surface area contributed by atoms with E-state index in [9.17, 15) is 4.79 Å². The monoisotopic (exact) mass is 221 g/mol. The number of aryl methyl sites for hydroxylation is 1. The van der Waals surface area contributed by atoms with Crippen molar-refractivity contribution in [3.63, 3.8) is 0 Å². The van der Waals surface area contributed by atoms with E-state index in [1.54, 1.807) is 6.92 Å². The van der Waals surface area contributed by atoms with Gasteiger partial charge >= 0.3 is 0 Å². The summed E-state index contributed by atoms with van der Waals surface area (Å²) in [7, 11) is 2.02. The Morgan fingerprint density at radius 1 is 1.62 bits per heavy atom. The van der Waals surface area contributed by atoms with Crippen LogP contribution in [0.2, 0.25) is 0 Å². The zero-order valence-corrected chi connectivity index (χ0v) is 10.0. The predicted molar refractivity (Wildman–Crippen MR) is 61.9 cm³/mol. The van der Waals surface area contributed by atoms with Crippen LogP contribution in [0.5, 0.6) is 0 Å². The Morgan fingerprint density at radius 2 is 2.44 bits per heavy atom. The van der Waals surface area contributed by atoms with Gasteiger partial charge in [-0.25, -0.2) is 4.98 Å². The molecular weight excluding hydrogens is 202 g/mol. The van der Waals surface area contributed by atoms with Crippen LogP contribution in [0, 0.1) is 5.92 Å². The quantitative estimate of drug-likeness (QED) is 0.753. The molecule has 1 aliphatic rings. The predicted octanol–water partition coefficient (Wildman–Crippen LogP) is 1.22. The highest BCUT2D eigenvalue weighted by Gasteiger charge is 2.22. The second-order valence-corrected chi connectivity index (χ2v) is 4.63. The van der Waals surface area contributed by atoms with Crippen molar-refractivity contribution in [2.75, 3.05) is 13.1 Å². The van der Waals surface area contributed by atoms with E-state index in [0.717, 1.165) is 31.8 Å². The maximum atomic E-state index is 11.3. The minimum absolute atomic E-state index is 0.199. The van der Waals surface area contributed by atoms with Gasteiger partial charge in [0.25, 0.3) is 0 Å². The molecule has 0 aromatic carbocycles. The topological polar surface area (TPSA) is 38.1 Å². The Bertz CT molecular complexity index is 372. The number of carbonyl (C=O) groups is 1. The van der Waals surface area contributed by atoms with Gasteiger partial charge in [-0.2, -0.15) is 0 Å². The molecule has 1 fully saturated rings. The van der Waals surface area contributed by atoms with Crippen molar-refractivity contribution in [3.05, 3.63) is 18.2 Å². The molecule has 1 aromatic heterocycles. The maximum absolute atomic E-state index is 11.3. The fraction of sp³-hybridized carbons (Fsp3) is 0.667. The first-order valence-corrected chi connectivity index (χ1v) is 5.88. The first-order valence-electron chi connectivity index (χ1n) is 5.88. The summed E-state index contributed by atoms with van der Waals surface area (Å²) in [6.07, 6.45) is 7.11. The van der Waals surface area contributed by atoms with Crippen LogP contribution >= 0.6 is 0 Å². The summed E-state index contributed by atoms with van der Waals surface area (Å²) in [5.74, 6) is 1.89. The lowest BCUT2D eigenvalue weighted by Crippen LogP contribution is -2.39. The third kappa shape index (κ3) is 2.43. The van der Waals surface area contributed by atoms with Crippen LogP contribution in [-0.2, 0) is 18.3 Å². The molecule has 88 valence electrons. The second kappa shape index (κ2) is 4.68. The molecule has 0 radical (unpaired) electrons. The lowest BCUT2D eigenvalue weighted by Gasteiger charge is -2.31. The summed E-state index contributed by atoms with van der Waals surface area (Å²) in [6.45, 7) is 3.47. The van der Waals surface area contributed by atoms with Gasteiger partial charge in [-0.05, 0) is 18.8 Å². The van der Waals surface area contributed by atoms with Gasteiger partial charge in [-0.1, -0.05) is 0 Å². The van der Waals surface area contributed by atoms with Crippen LogP contribution in [0.3, 0.4) is 0 Å². The average molecular weight is 221 g/mol. The molecule has 0 bridgehead atoms. The summed E-state index contributed by atoms with van der Waals surface area (Å²) in [4.78, 5) is 17.6. The number of piperidine rings is 1. The first-order chi connectivity index (χ1) is 7.66. The van der Waals surface area contributed by atoms with Gasteiger partial charge in [0.1, 0.15) is 5.82 Å². The summed E-state index contributed by atoms with van der Waals surface area (Å²) in [5, 5.41) is 0. The lowest BCUT2D eigenvalue weighted by molar-refractivity contribution is -0.130. The SMILES string of the molecule is CC(=O)N1CCC[C@@H](Cc2nccn2C)C1. The van der Waals surface area contributed by atoms with Gasteiger partial charge in [0.05, 0.1) is 0 Å². The van der Waals surface area contributed by atoms with Crippen molar-refractivity contribution in [3.8, 4) is 0 Å². The molecule has 1 saturated heterocycles. The largest absolute Gasteiger partial charge is 0.343 e. The van der Waals surface area contributed by atoms with E-state index in [1.807, 2.05) is 24.3 Å². The molecule has 16 heavy (non-hydrogen) atoms. The molecule has 0 spiro atoms. The van der Waals surface area contributed by atoms with Crippen molar-refractivity contribution < 1.29 is 4.79 Å². The third-order valence-electron chi connectivity index (χ3n) is 3.36. The molecule has 0 unspecified atom stereocenters. The van der Waals surface area contributed by atoms with Crippen molar-refractivity contribution in [1.29, 1.82) is 0 Å². The summed E-state index contributed by atoms with van der Waals surface area (Å²) in [5.41, 5.74) is 0. The van der Waals surface area contributed by atoms with E-state index in [4.69, 9.17) is 0 Å². The van der Waals surface area contributed by atoms with Crippen LogP contribution in [0.25, 0.3) is 0 Å². The normalized spacial score (nSPS) is 21.1. The highest BCUT2D eigenvalue weighted by atomic mass is 16.2. The van der Waals surface area contributed by atoms with Crippen molar-refractivity contribution in [2.24, 2.45) is 13.0 Å². The number of hydrogen-bond donors (Lipinski definition) is 0. The van der Waals surface area contributed by atoms with Crippen molar-refractivity contribution >= 4 is 5.91 Å². The van der Waals surface area contributed by atoms with Gasteiger partial charge in [-0.3, -0.25) is 4.79 Å². The molecule has 1 aromatic rings. The zero-order valence-electron chi connectivity index (χ0n) is 10.0. The van der Waals surface area contributed by atoms with Crippen LogP contribution in [0.1, 0.15) is 25.6 Å². The summed E-state index contributed by atoms with van der Waals surface area (Å²) >= 11 is 0. The number of hydrogen-bond acceptors (Lipinski definition) is 2. The highest BCUT2D eigenvalue weighted by Crippen LogP contribution is 2.19. The van der Waals surface area contributed by atoms with Gasteiger partial charge in [-0.15, -0.1) is 0 Å². The van der Waals surface area contributed by atoms with Crippen molar-refractivity contribution in [2.45, 2.75) is 26.2 Å². The number of rotatable bonds is 2. The Balaban J connectivity index is 1.95. The summed E-state index contributed by atoms with van der Waals surface area (Å²) < 4.78 is 2.06. The lowest BCUT2D eigenvalue weighted by atomic mass is 9.94. The van der Waals surface area contributed by atoms with Gasteiger partial charge < -0.3 is 9.47 Å². The van der Waals surface area contributed by atoms with E-state index in [2.05, 4.69) is 9.55 Å². The van der Waals surface area contributed by atoms with E-state index in [1.165, 1.54) is 6.42 Å². The molecule has 0 aliphatic carbocycles. The second-order valence-electron chi connectivity index (χ2n) is 4.63. The van der Waals surface area contributed by atoms with E-state index < -0.39 is 0 Å². The van der Waals surface area contributed by atoms with Crippen LogP contribution in [-0.4, -0.2) is 33.4 Å². The third-order valence-corrected chi connectivity index (χ3v) is 3.36. The van der Waals surface area contributed by atoms with Crippen LogP contribution in [0.15, 0.2) is 12.4 Å².